The second kappa shape index (κ2) is 4.04. The van der Waals surface area contributed by atoms with Crippen molar-refractivity contribution in [2.45, 2.75) is 6.04 Å². The molecule has 0 saturated heterocycles. The van der Waals surface area contributed by atoms with E-state index in [0.29, 0.717) is 5.69 Å². The Bertz CT molecular complexity index is 330. The maximum Gasteiger partial charge on any atom is 0.110 e. The molecule has 0 fully saturated rings. The number of halogens is 2. The zero-order valence-corrected chi connectivity index (χ0v) is 9.26. The molecule has 1 aromatic heterocycles. The van der Waals surface area contributed by atoms with Crippen molar-refractivity contribution in [3.05, 3.63) is 26.9 Å². The van der Waals surface area contributed by atoms with E-state index in [-0.39, 0.29) is 0 Å². The lowest BCUT2D eigenvalue weighted by atomic mass is 10.2. The molecule has 0 saturated carbocycles. The maximum absolute atomic E-state index is 5.60. The predicted molar refractivity (Wildman–Crippen MR) is 55.4 cm³/mol. The number of hydrogen-bond donors (Lipinski definition) is 1. The Hall–Kier alpha value is -0.370. The van der Waals surface area contributed by atoms with Gasteiger partial charge in [0.15, 0.2) is 0 Å². The van der Waals surface area contributed by atoms with Gasteiger partial charge < -0.3 is 5.73 Å². The van der Waals surface area contributed by atoms with Gasteiger partial charge in [-0.3, -0.25) is 4.98 Å². The van der Waals surface area contributed by atoms with Crippen molar-refractivity contribution in [2.75, 3.05) is 0 Å². The van der Waals surface area contributed by atoms with Crippen molar-refractivity contribution in [2.24, 2.45) is 5.73 Å². The van der Waals surface area contributed by atoms with Crippen LogP contribution in [0, 0.1) is 12.3 Å². The van der Waals surface area contributed by atoms with Gasteiger partial charge in [0, 0.05) is 15.1 Å². The van der Waals surface area contributed by atoms with Crippen LogP contribution in [0.4, 0.5) is 0 Å². The minimum atomic E-state index is -0.451. The minimum Gasteiger partial charge on any atom is -0.313 e. The fraction of sp³-hybridized carbons (Fsp3) is 0.125. The molecule has 62 valence electrons. The van der Waals surface area contributed by atoms with Gasteiger partial charge >= 0.3 is 0 Å². The molecular weight excluding hydrogens is 284 g/mol. The van der Waals surface area contributed by atoms with Crippen LogP contribution in [-0.4, -0.2) is 4.98 Å². The van der Waals surface area contributed by atoms with E-state index < -0.39 is 6.04 Å². The first-order chi connectivity index (χ1) is 5.65. The molecule has 4 heteroatoms. The average Bonchev–Trinajstić information content (AvgIpc) is 2.03. The van der Waals surface area contributed by atoms with Gasteiger partial charge in [0.25, 0.3) is 0 Å². The molecule has 2 nitrogen and oxygen atoms in total. The van der Waals surface area contributed by atoms with Crippen LogP contribution in [0.2, 0.25) is 0 Å². The molecule has 0 aromatic carbocycles. The van der Waals surface area contributed by atoms with Gasteiger partial charge in [0.2, 0.25) is 0 Å². The van der Waals surface area contributed by atoms with E-state index >= 15 is 0 Å². The highest BCUT2D eigenvalue weighted by atomic mass is 79.9. The summed E-state index contributed by atoms with van der Waals surface area (Å²) in [6.45, 7) is 0. The Morgan fingerprint density at radius 1 is 1.58 bits per heavy atom. The number of hydrogen-bond acceptors (Lipinski definition) is 2. The van der Waals surface area contributed by atoms with Gasteiger partial charge in [-0.25, -0.2) is 0 Å². The molecule has 0 spiro atoms. The lowest BCUT2D eigenvalue weighted by Gasteiger charge is -2.05. The van der Waals surface area contributed by atoms with E-state index in [2.05, 4.69) is 42.8 Å². The molecule has 1 unspecified atom stereocenters. The van der Waals surface area contributed by atoms with Crippen LogP contribution in [0.25, 0.3) is 0 Å². The quantitative estimate of drug-likeness (QED) is 0.806. The zero-order valence-electron chi connectivity index (χ0n) is 6.09. The van der Waals surface area contributed by atoms with Crippen LogP contribution in [0.3, 0.4) is 0 Å². The van der Waals surface area contributed by atoms with Crippen LogP contribution in [-0.2, 0) is 0 Å². The molecule has 12 heavy (non-hydrogen) atoms. The molecule has 0 aliphatic carbocycles. The summed E-state index contributed by atoms with van der Waals surface area (Å²) < 4.78 is 1.71. The third-order valence-electron chi connectivity index (χ3n) is 1.31. The van der Waals surface area contributed by atoms with Gasteiger partial charge in [-0.1, -0.05) is 5.92 Å². The standard InChI is InChI=1S/C8H6Br2N2/c1-2-7(11)8-6(10)3-5(9)4-12-8/h1,3-4,7H,11H2. The molecule has 0 aliphatic rings. The molecule has 1 heterocycles. The largest absolute Gasteiger partial charge is 0.313 e. The number of nitrogens with two attached hydrogens (primary N) is 1. The normalized spacial score (nSPS) is 12.2. The van der Waals surface area contributed by atoms with Crippen LogP contribution in [0.15, 0.2) is 21.2 Å². The maximum atomic E-state index is 5.60. The van der Waals surface area contributed by atoms with E-state index in [0.717, 1.165) is 8.95 Å². The van der Waals surface area contributed by atoms with Crippen molar-refractivity contribution in [3.63, 3.8) is 0 Å². The van der Waals surface area contributed by atoms with Gasteiger partial charge in [-0.2, -0.15) is 0 Å². The number of nitrogens with zero attached hydrogens (tertiary/aromatic N) is 1. The lowest BCUT2D eigenvalue weighted by molar-refractivity contribution is 0.881. The van der Waals surface area contributed by atoms with Gasteiger partial charge in [0.1, 0.15) is 6.04 Å². The van der Waals surface area contributed by atoms with Crippen LogP contribution >= 0.6 is 31.9 Å². The fourth-order valence-electron chi connectivity index (χ4n) is 0.733. The van der Waals surface area contributed by atoms with Crippen molar-refractivity contribution < 1.29 is 0 Å². The van der Waals surface area contributed by atoms with Gasteiger partial charge in [0.05, 0.1) is 5.69 Å². The first-order valence-electron chi connectivity index (χ1n) is 3.18. The smallest absolute Gasteiger partial charge is 0.110 e. The van der Waals surface area contributed by atoms with Gasteiger partial charge in [-0.15, -0.1) is 6.42 Å². The number of pyridine rings is 1. The Morgan fingerprint density at radius 3 is 2.75 bits per heavy atom. The highest BCUT2D eigenvalue weighted by Gasteiger charge is 2.08. The summed E-state index contributed by atoms with van der Waals surface area (Å²) in [5.74, 6) is 2.41. The van der Waals surface area contributed by atoms with Gasteiger partial charge in [-0.05, 0) is 37.9 Å². The molecular formula is C8H6Br2N2. The number of rotatable bonds is 1. The SMILES string of the molecule is C#CC(N)c1ncc(Br)cc1Br. The first-order valence-corrected chi connectivity index (χ1v) is 4.76. The highest BCUT2D eigenvalue weighted by molar-refractivity contribution is 9.11. The van der Waals surface area contributed by atoms with Crippen LogP contribution in [0.5, 0.6) is 0 Å². The molecule has 0 bridgehead atoms. The number of aromatic nitrogens is 1. The van der Waals surface area contributed by atoms with Crippen LogP contribution in [0.1, 0.15) is 11.7 Å². The second-order valence-corrected chi connectivity index (χ2v) is 3.93. The molecule has 1 rings (SSSR count). The van der Waals surface area contributed by atoms with Crippen molar-refractivity contribution >= 4 is 31.9 Å². The topological polar surface area (TPSA) is 38.9 Å². The first kappa shape index (κ1) is 9.72. The summed E-state index contributed by atoms with van der Waals surface area (Å²) in [6.07, 6.45) is 6.83. The molecule has 0 aliphatic heterocycles. The molecule has 1 aromatic rings. The summed E-state index contributed by atoms with van der Waals surface area (Å²) in [7, 11) is 0. The van der Waals surface area contributed by atoms with Crippen LogP contribution < -0.4 is 5.73 Å². The summed E-state index contributed by atoms with van der Waals surface area (Å²) >= 11 is 6.60. The zero-order chi connectivity index (χ0) is 9.14. The highest BCUT2D eigenvalue weighted by Crippen LogP contribution is 2.22. The molecule has 1 atom stereocenters. The summed E-state index contributed by atoms with van der Waals surface area (Å²) in [4.78, 5) is 4.09. The van der Waals surface area contributed by atoms with E-state index in [1.807, 2.05) is 6.07 Å². The summed E-state index contributed by atoms with van der Waals surface area (Å²) in [5.41, 5.74) is 6.28. The van der Waals surface area contributed by atoms with E-state index in [1.54, 1.807) is 6.20 Å². The molecule has 0 amide bonds. The van der Waals surface area contributed by atoms with E-state index in [4.69, 9.17) is 12.2 Å². The monoisotopic (exact) mass is 288 g/mol. The van der Waals surface area contributed by atoms with Crippen molar-refractivity contribution in [3.8, 4) is 12.3 Å². The Kier molecular flexibility index (Phi) is 3.27. The summed E-state index contributed by atoms with van der Waals surface area (Å²) in [5, 5.41) is 0. The lowest BCUT2D eigenvalue weighted by Crippen LogP contribution is -2.09. The third-order valence-corrected chi connectivity index (χ3v) is 2.38. The molecule has 0 radical (unpaired) electrons. The fourth-order valence-corrected chi connectivity index (χ4v) is 1.97. The molecule has 2 N–H and O–H groups in total. The Balaban J connectivity index is 3.11. The minimum absolute atomic E-state index is 0.451. The Labute approximate surface area is 87.8 Å². The second-order valence-electron chi connectivity index (χ2n) is 2.16. The predicted octanol–water partition coefficient (Wildman–Crippen LogP) is 2.24. The Morgan fingerprint density at radius 2 is 2.25 bits per heavy atom. The van der Waals surface area contributed by atoms with Crippen molar-refractivity contribution in [1.29, 1.82) is 0 Å². The van der Waals surface area contributed by atoms with Crippen molar-refractivity contribution in [1.82, 2.24) is 4.98 Å². The van der Waals surface area contributed by atoms with E-state index in [1.165, 1.54) is 0 Å². The summed E-state index contributed by atoms with van der Waals surface area (Å²) in [6, 6.07) is 1.41. The van der Waals surface area contributed by atoms with E-state index in [9.17, 15) is 0 Å². The number of terminal acetylenes is 1. The average molecular weight is 290 g/mol. The third kappa shape index (κ3) is 2.07.